The Morgan fingerprint density at radius 1 is 1.19 bits per heavy atom. The van der Waals surface area contributed by atoms with Gasteiger partial charge in [-0.3, -0.25) is 0 Å². The van der Waals surface area contributed by atoms with Gasteiger partial charge < -0.3 is 9.80 Å². The summed E-state index contributed by atoms with van der Waals surface area (Å²) in [6, 6.07) is 10.5. The van der Waals surface area contributed by atoms with Crippen molar-refractivity contribution in [3.63, 3.8) is 0 Å². The molecule has 0 unspecified atom stereocenters. The third-order valence-corrected chi connectivity index (χ3v) is 5.43. The number of hydrogen-bond donors (Lipinski definition) is 0. The molecule has 0 aromatic heterocycles. The molecule has 1 aromatic carbocycles. The summed E-state index contributed by atoms with van der Waals surface area (Å²) < 4.78 is 0. The largest absolute Gasteiger partial charge is 0.341 e. The molecule has 0 spiro atoms. The molecule has 0 atom stereocenters. The van der Waals surface area contributed by atoms with Gasteiger partial charge in [-0.25, -0.2) is 4.99 Å². The van der Waals surface area contributed by atoms with E-state index in [-0.39, 0.29) is 0 Å². The molecule has 0 bridgehead atoms. The van der Waals surface area contributed by atoms with Crippen LogP contribution in [0, 0.1) is 5.92 Å². The maximum atomic E-state index is 4.50. The first-order chi connectivity index (χ1) is 13.0. The topological polar surface area (TPSA) is 18.8 Å². The molecule has 0 N–H and O–H groups in total. The van der Waals surface area contributed by atoms with Gasteiger partial charge in [-0.15, -0.1) is 0 Å². The molecule has 0 saturated carbocycles. The summed E-state index contributed by atoms with van der Waals surface area (Å²) in [4.78, 5) is 8.89. The van der Waals surface area contributed by atoms with Crippen molar-refractivity contribution in [3.8, 4) is 0 Å². The van der Waals surface area contributed by atoms with E-state index in [9.17, 15) is 0 Å². The Bertz CT molecular complexity index is 811. The van der Waals surface area contributed by atoms with Crippen LogP contribution in [0.1, 0.15) is 39.5 Å². The summed E-state index contributed by atoms with van der Waals surface area (Å²) in [5.41, 5.74) is 6.90. The third-order valence-electron chi connectivity index (χ3n) is 5.43. The minimum atomic E-state index is 0.502. The van der Waals surface area contributed by atoms with Crippen molar-refractivity contribution in [2.24, 2.45) is 10.9 Å². The molecule has 1 aliphatic carbocycles. The van der Waals surface area contributed by atoms with Crippen LogP contribution < -0.4 is 4.90 Å². The highest BCUT2D eigenvalue weighted by Crippen LogP contribution is 2.44. The lowest BCUT2D eigenvalue weighted by Crippen LogP contribution is -2.32. The van der Waals surface area contributed by atoms with Crippen LogP contribution in [0.15, 0.2) is 82.4 Å². The molecule has 3 heteroatoms. The fourth-order valence-corrected chi connectivity index (χ4v) is 4.13. The molecule has 0 saturated heterocycles. The first-order valence-corrected chi connectivity index (χ1v) is 9.84. The summed E-state index contributed by atoms with van der Waals surface area (Å²) in [6.45, 7) is 18.2. The second-order valence-corrected chi connectivity index (χ2v) is 7.81. The maximum absolute atomic E-state index is 4.50. The summed E-state index contributed by atoms with van der Waals surface area (Å²) in [7, 11) is 2.10. The number of aliphatic imine (C=N–C) groups is 1. The quantitative estimate of drug-likeness (QED) is 0.587. The number of benzene rings is 1. The van der Waals surface area contributed by atoms with Crippen molar-refractivity contribution in [2.75, 3.05) is 18.5 Å². The smallest absolute Gasteiger partial charge is 0.141 e. The zero-order valence-electron chi connectivity index (χ0n) is 17.0. The SMILES string of the molecule is C=NC1=C(C(=C)N(CC(C)C)c2ccccc2)C(=C)C2=C(CCCC2)N1C. The third kappa shape index (κ3) is 3.64. The zero-order chi connectivity index (χ0) is 19.6. The van der Waals surface area contributed by atoms with Crippen LogP contribution in [0.4, 0.5) is 5.69 Å². The molecule has 1 aromatic rings. The first kappa shape index (κ1) is 19.2. The van der Waals surface area contributed by atoms with E-state index < -0.39 is 0 Å². The van der Waals surface area contributed by atoms with Crippen molar-refractivity contribution in [1.29, 1.82) is 0 Å². The number of anilines is 1. The molecule has 3 rings (SSSR count). The Balaban J connectivity index is 2.06. The fourth-order valence-electron chi connectivity index (χ4n) is 4.13. The summed E-state index contributed by atoms with van der Waals surface area (Å²) >= 11 is 0. The Kier molecular flexibility index (Phi) is 5.69. The van der Waals surface area contributed by atoms with Crippen molar-refractivity contribution >= 4 is 12.4 Å². The van der Waals surface area contributed by atoms with Crippen molar-refractivity contribution in [1.82, 2.24) is 4.90 Å². The summed E-state index contributed by atoms with van der Waals surface area (Å²) in [5, 5.41) is 0. The van der Waals surface area contributed by atoms with E-state index >= 15 is 0 Å². The molecule has 1 heterocycles. The van der Waals surface area contributed by atoms with Crippen LogP contribution in [0.3, 0.4) is 0 Å². The molecule has 0 radical (unpaired) electrons. The maximum Gasteiger partial charge on any atom is 0.141 e. The number of para-hydroxylation sites is 1. The number of rotatable bonds is 6. The Morgan fingerprint density at radius 3 is 2.48 bits per heavy atom. The molecule has 0 amide bonds. The first-order valence-electron chi connectivity index (χ1n) is 9.84. The van der Waals surface area contributed by atoms with Gasteiger partial charge in [0.1, 0.15) is 5.82 Å². The van der Waals surface area contributed by atoms with Gasteiger partial charge in [-0.2, -0.15) is 0 Å². The van der Waals surface area contributed by atoms with E-state index in [1.807, 2.05) is 6.07 Å². The van der Waals surface area contributed by atoms with Crippen LogP contribution in [0.25, 0.3) is 0 Å². The molecule has 3 nitrogen and oxygen atoms in total. The lowest BCUT2D eigenvalue weighted by Gasteiger charge is -2.39. The fraction of sp³-hybridized carbons (Fsp3) is 0.375. The van der Waals surface area contributed by atoms with Crippen LogP contribution in [-0.4, -0.2) is 25.2 Å². The molecular weight excluding hydrogens is 330 g/mol. The Morgan fingerprint density at radius 2 is 1.85 bits per heavy atom. The monoisotopic (exact) mass is 361 g/mol. The second kappa shape index (κ2) is 7.99. The second-order valence-electron chi connectivity index (χ2n) is 7.81. The van der Waals surface area contributed by atoms with Gasteiger partial charge >= 0.3 is 0 Å². The van der Waals surface area contributed by atoms with Crippen LogP contribution >= 0.6 is 0 Å². The number of nitrogens with zero attached hydrogens (tertiary/aromatic N) is 3. The van der Waals surface area contributed by atoms with Crippen molar-refractivity contribution < 1.29 is 0 Å². The van der Waals surface area contributed by atoms with E-state index in [1.54, 1.807) is 0 Å². The van der Waals surface area contributed by atoms with Gasteiger partial charge in [-0.1, -0.05) is 45.2 Å². The van der Waals surface area contributed by atoms with Crippen LogP contribution in [0.2, 0.25) is 0 Å². The van der Waals surface area contributed by atoms with E-state index in [0.29, 0.717) is 5.92 Å². The van der Waals surface area contributed by atoms with Gasteiger partial charge in [-0.05, 0) is 61.6 Å². The Hall–Kier alpha value is -2.55. The van der Waals surface area contributed by atoms with Crippen LogP contribution in [-0.2, 0) is 0 Å². The van der Waals surface area contributed by atoms with Gasteiger partial charge in [0.15, 0.2) is 0 Å². The van der Waals surface area contributed by atoms with E-state index in [2.05, 4.69) is 79.8 Å². The van der Waals surface area contributed by atoms with Gasteiger partial charge in [0.05, 0.1) is 0 Å². The molecule has 27 heavy (non-hydrogen) atoms. The normalized spacial score (nSPS) is 17.3. The predicted molar refractivity (Wildman–Crippen MR) is 117 cm³/mol. The average Bonchev–Trinajstić information content (AvgIpc) is 2.68. The lowest BCUT2D eigenvalue weighted by molar-refractivity contribution is 0.442. The summed E-state index contributed by atoms with van der Waals surface area (Å²) in [5.74, 6) is 1.37. The molecular formula is C24H31N3. The van der Waals surface area contributed by atoms with Gasteiger partial charge in [0.2, 0.25) is 0 Å². The highest BCUT2D eigenvalue weighted by Gasteiger charge is 2.32. The minimum Gasteiger partial charge on any atom is -0.341 e. The molecule has 0 fully saturated rings. The zero-order valence-corrected chi connectivity index (χ0v) is 17.0. The van der Waals surface area contributed by atoms with E-state index in [0.717, 1.165) is 47.7 Å². The number of allylic oxidation sites excluding steroid dienone is 3. The van der Waals surface area contributed by atoms with Gasteiger partial charge in [0, 0.05) is 36.2 Å². The van der Waals surface area contributed by atoms with Crippen molar-refractivity contribution in [2.45, 2.75) is 39.5 Å². The Labute approximate surface area is 164 Å². The summed E-state index contributed by atoms with van der Waals surface area (Å²) in [6.07, 6.45) is 4.60. The van der Waals surface area contributed by atoms with E-state index in [1.165, 1.54) is 24.1 Å². The predicted octanol–water partition coefficient (Wildman–Crippen LogP) is 5.90. The molecule has 1 aliphatic heterocycles. The number of hydrogen-bond acceptors (Lipinski definition) is 3. The molecule has 2 aliphatic rings. The highest BCUT2D eigenvalue weighted by molar-refractivity contribution is 5.67. The standard InChI is InChI=1S/C24H31N3/c1-17(2)16-27(20-12-8-7-9-13-20)19(4)23-18(3)21-14-10-11-15-22(21)26(6)24(23)25-5/h7-9,12-13,17H,3-5,10-11,14-16H2,1-2,6H3. The van der Waals surface area contributed by atoms with Crippen molar-refractivity contribution in [3.05, 3.63) is 77.4 Å². The highest BCUT2D eigenvalue weighted by atomic mass is 15.2. The van der Waals surface area contributed by atoms with Gasteiger partial charge in [0.25, 0.3) is 0 Å². The molecule has 142 valence electrons. The van der Waals surface area contributed by atoms with E-state index in [4.69, 9.17) is 0 Å². The lowest BCUT2D eigenvalue weighted by atomic mass is 9.83. The average molecular weight is 362 g/mol. The van der Waals surface area contributed by atoms with Crippen LogP contribution in [0.5, 0.6) is 0 Å². The minimum absolute atomic E-state index is 0.502.